The number of hydrogen-bond acceptors (Lipinski definition) is 5. The Kier molecular flexibility index (Phi) is 10.5. The zero-order valence-electron chi connectivity index (χ0n) is 30.0. The summed E-state index contributed by atoms with van der Waals surface area (Å²) in [5.41, 5.74) is 1.31. The number of benzene rings is 2. The molecule has 0 bridgehead atoms. The minimum atomic E-state index is -2.32. The molecule has 9 heteroatoms. The molecular weight excluding hydrogens is 651 g/mol. The third-order valence-corrected chi connectivity index (χ3v) is 24.1. The highest BCUT2D eigenvalue weighted by Gasteiger charge is 2.65. The monoisotopic (exact) mass is 706 g/mol. The molecule has 46 heavy (non-hydrogen) atoms. The summed E-state index contributed by atoms with van der Waals surface area (Å²) in [6.07, 6.45) is 2.38. The molecule has 2 fully saturated rings. The van der Waals surface area contributed by atoms with Crippen molar-refractivity contribution < 1.29 is 23.9 Å². The number of aromatic hydroxyl groups is 2. The molecule has 0 amide bonds. The van der Waals surface area contributed by atoms with E-state index in [2.05, 4.69) is 83.1 Å². The first-order valence-electron chi connectivity index (χ1n) is 17.2. The van der Waals surface area contributed by atoms with Crippen molar-refractivity contribution in [2.45, 2.75) is 153 Å². The van der Waals surface area contributed by atoms with E-state index in [9.17, 15) is 15.0 Å². The van der Waals surface area contributed by atoms with E-state index in [0.717, 1.165) is 0 Å². The summed E-state index contributed by atoms with van der Waals surface area (Å²) in [5.74, 6) is 1.09. The quantitative estimate of drug-likeness (QED) is 0.191. The fraction of sp³-hybridized carbons (Fsp3) is 0.649. The highest BCUT2D eigenvalue weighted by atomic mass is 35.5. The average molecular weight is 708 g/mol. The first-order valence-corrected chi connectivity index (χ1v) is 22.3. The lowest BCUT2D eigenvalue weighted by atomic mass is 9.78. The van der Waals surface area contributed by atoms with Crippen LogP contribution in [0, 0.1) is 0 Å². The third-order valence-electron chi connectivity index (χ3n) is 11.5. The Balaban J connectivity index is 1.79. The van der Waals surface area contributed by atoms with E-state index in [1.807, 2.05) is 12.1 Å². The van der Waals surface area contributed by atoms with E-state index in [0.29, 0.717) is 81.6 Å². The van der Waals surface area contributed by atoms with E-state index in [-0.39, 0.29) is 27.3 Å². The number of halogens is 2. The number of phenols is 2. The van der Waals surface area contributed by atoms with Crippen LogP contribution in [0.5, 0.6) is 23.0 Å². The van der Waals surface area contributed by atoms with Crippen molar-refractivity contribution in [3.8, 4) is 23.0 Å². The molecule has 0 radical (unpaired) electrons. The van der Waals surface area contributed by atoms with Crippen LogP contribution in [0.4, 0.5) is 0 Å². The van der Waals surface area contributed by atoms with Gasteiger partial charge < -0.3 is 19.1 Å². The number of carbonyl (C=O) groups excluding carboxylic acids is 1. The van der Waals surface area contributed by atoms with Crippen LogP contribution in [-0.4, -0.2) is 32.6 Å². The van der Waals surface area contributed by atoms with Gasteiger partial charge in [-0.2, -0.15) is 0 Å². The van der Waals surface area contributed by atoms with Crippen molar-refractivity contribution in [1.82, 2.24) is 0 Å². The molecule has 2 saturated carbocycles. The molecule has 2 N–H and O–H groups in total. The highest BCUT2D eigenvalue weighted by Crippen LogP contribution is 2.64. The summed E-state index contributed by atoms with van der Waals surface area (Å²) in [4.78, 5) is 14.8. The second-order valence-corrected chi connectivity index (χ2v) is 27.5. The van der Waals surface area contributed by atoms with Crippen LogP contribution in [0.2, 0.25) is 43.3 Å². The van der Waals surface area contributed by atoms with Crippen LogP contribution in [0.15, 0.2) is 24.3 Å². The SMILES string of the molecule is CC(C)[Si](Oc1cc(Cl)c(O)c(C2(C(=O)C3(c4cc(O[Si](C(C)C)(C(C)C)C(C)C)cc(Cl)c4O)CC3)CC2)c1)(C(C)C)C(C)C. The number of carbonyl (C=O) groups is 1. The Morgan fingerprint density at radius 1 is 0.587 bits per heavy atom. The number of hydrogen-bond donors (Lipinski definition) is 2. The summed E-state index contributed by atoms with van der Waals surface area (Å²) >= 11 is 13.4. The normalized spacial score (nSPS) is 17.5. The molecular formula is C37H56Cl2O5Si2. The number of phenolic OH excluding ortho intramolecular Hbond substituents is 2. The van der Waals surface area contributed by atoms with Crippen molar-refractivity contribution in [2.75, 3.05) is 0 Å². The maximum atomic E-state index is 14.8. The molecule has 2 aromatic rings. The molecule has 0 atom stereocenters. The predicted octanol–water partition coefficient (Wildman–Crippen LogP) is 11.8. The summed E-state index contributed by atoms with van der Waals surface area (Å²) in [5, 5.41) is 23.1. The second-order valence-electron chi connectivity index (χ2n) is 15.9. The van der Waals surface area contributed by atoms with Gasteiger partial charge in [-0.25, -0.2) is 0 Å². The Labute approximate surface area is 289 Å². The van der Waals surface area contributed by atoms with Crippen molar-refractivity contribution in [3.63, 3.8) is 0 Å². The average Bonchev–Trinajstić information content (AvgIpc) is 3.87. The molecule has 0 saturated heterocycles. The zero-order chi connectivity index (χ0) is 34.7. The minimum Gasteiger partial charge on any atom is -0.543 e. The zero-order valence-corrected chi connectivity index (χ0v) is 33.5. The van der Waals surface area contributed by atoms with Crippen LogP contribution >= 0.6 is 23.2 Å². The number of rotatable bonds is 14. The maximum Gasteiger partial charge on any atom is 0.258 e. The van der Waals surface area contributed by atoms with Gasteiger partial charge in [0.1, 0.15) is 23.0 Å². The third kappa shape index (κ3) is 5.94. The van der Waals surface area contributed by atoms with E-state index >= 15 is 0 Å². The molecule has 0 aliphatic heterocycles. The summed E-state index contributed by atoms with van der Waals surface area (Å²) in [6, 6.07) is 7.11. The molecule has 0 spiro atoms. The van der Waals surface area contributed by atoms with Crippen LogP contribution in [-0.2, 0) is 15.6 Å². The van der Waals surface area contributed by atoms with Crippen molar-refractivity contribution in [1.29, 1.82) is 0 Å². The molecule has 5 nitrogen and oxygen atoms in total. The second kappa shape index (κ2) is 13.0. The number of ketones is 1. The first-order chi connectivity index (χ1) is 21.2. The maximum absolute atomic E-state index is 14.8. The van der Waals surface area contributed by atoms with Crippen LogP contribution in [0.3, 0.4) is 0 Å². The summed E-state index contributed by atoms with van der Waals surface area (Å²) in [7, 11) is -4.64. The van der Waals surface area contributed by atoms with E-state index in [1.54, 1.807) is 12.1 Å². The Bertz CT molecular complexity index is 1310. The predicted molar refractivity (Wildman–Crippen MR) is 196 cm³/mol. The van der Waals surface area contributed by atoms with E-state index in [4.69, 9.17) is 32.1 Å². The van der Waals surface area contributed by atoms with Gasteiger partial charge >= 0.3 is 0 Å². The standard InChI is InChI=1S/C37H56Cl2O5Si2/c1-21(2)45(22(3)4,23(5)6)43-27-17-29(33(40)31(38)19-27)36(13-14-36)35(42)37(15-16-37)30-18-28(20-32(39)34(30)41)44-46(24(7)8,25(9)10)26(11)12/h17-26,40-41H,13-16H2,1-12H3. The first kappa shape index (κ1) is 37.1. The molecule has 256 valence electrons. The van der Waals surface area contributed by atoms with Gasteiger partial charge in [0.05, 0.1) is 20.9 Å². The van der Waals surface area contributed by atoms with Gasteiger partial charge in [0, 0.05) is 23.3 Å². The molecule has 0 heterocycles. The lowest BCUT2D eigenvalue weighted by Crippen LogP contribution is -2.50. The van der Waals surface area contributed by atoms with Crippen molar-refractivity contribution in [2.24, 2.45) is 0 Å². The minimum absolute atomic E-state index is 0.00722. The fourth-order valence-electron chi connectivity index (χ4n) is 9.06. The smallest absolute Gasteiger partial charge is 0.258 e. The van der Waals surface area contributed by atoms with E-state index in [1.165, 1.54) is 0 Å². The molecule has 0 unspecified atom stereocenters. The van der Waals surface area contributed by atoms with Gasteiger partial charge in [-0.15, -0.1) is 0 Å². The van der Waals surface area contributed by atoms with E-state index < -0.39 is 27.5 Å². The topological polar surface area (TPSA) is 76.0 Å². The highest BCUT2D eigenvalue weighted by molar-refractivity contribution is 6.78. The molecule has 4 rings (SSSR count). The number of Topliss-reactive ketones (excluding diaryl/α,β-unsaturated/α-hetero) is 1. The van der Waals surface area contributed by atoms with Crippen LogP contribution in [0.25, 0.3) is 0 Å². The Morgan fingerprint density at radius 2 is 0.848 bits per heavy atom. The summed E-state index contributed by atoms with van der Waals surface area (Å²) in [6.45, 7) is 26.7. The van der Waals surface area contributed by atoms with Gasteiger partial charge in [0.25, 0.3) is 16.6 Å². The van der Waals surface area contributed by atoms with Crippen molar-refractivity contribution >= 4 is 45.6 Å². The molecule has 2 aromatic carbocycles. The van der Waals surface area contributed by atoms with Crippen LogP contribution < -0.4 is 8.85 Å². The fourth-order valence-corrected chi connectivity index (χ4v) is 19.9. The van der Waals surface area contributed by atoms with Crippen molar-refractivity contribution in [3.05, 3.63) is 45.4 Å². The molecule has 2 aliphatic rings. The molecule has 2 aliphatic carbocycles. The van der Waals surface area contributed by atoms with Gasteiger partial charge in [-0.05, 0) is 71.1 Å². The largest absolute Gasteiger partial charge is 0.543 e. The van der Waals surface area contributed by atoms with Gasteiger partial charge in [0.15, 0.2) is 5.78 Å². The lowest BCUT2D eigenvalue weighted by molar-refractivity contribution is -0.124. The molecule has 0 aromatic heterocycles. The van der Waals surface area contributed by atoms with Crippen LogP contribution in [0.1, 0.15) is 120 Å². The Hall–Kier alpha value is -1.68. The van der Waals surface area contributed by atoms with Gasteiger partial charge in [0.2, 0.25) is 0 Å². The lowest BCUT2D eigenvalue weighted by Gasteiger charge is -2.42. The summed E-state index contributed by atoms with van der Waals surface area (Å²) < 4.78 is 13.9. The van der Waals surface area contributed by atoms with Gasteiger partial charge in [-0.1, -0.05) is 106 Å². The van der Waals surface area contributed by atoms with Gasteiger partial charge in [-0.3, -0.25) is 4.79 Å². The Morgan fingerprint density at radius 3 is 1.07 bits per heavy atom.